The SMILES string of the molecule is CC(C)(O)c1nc(Cl)sc1CC(=O)O. The Morgan fingerprint density at radius 3 is 2.64 bits per heavy atom. The van der Waals surface area contributed by atoms with Crippen LogP contribution in [0.2, 0.25) is 4.47 Å². The van der Waals surface area contributed by atoms with Crippen molar-refractivity contribution in [1.82, 2.24) is 4.98 Å². The van der Waals surface area contributed by atoms with Crippen LogP contribution in [0.5, 0.6) is 0 Å². The molecule has 6 heteroatoms. The van der Waals surface area contributed by atoms with Gasteiger partial charge in [-0.1, -0.05) is 11.6 Å². The van der Waals surface area contributed by atoms with Crippen molar-refractivity contribution < 1.29 is 15.0 Å². The zero-order valence-electron chi connectivity index (χ0n) is 7.74. The summed E-state index contributed by atoms with van der Waals surface area (Å²) in [6.45, 7) is 3.09. The van der Waals surface area contributed by atoms with Gasteiger partial charge in [0.15, 0.2) is 4.47 Å². The maximum Gasteiger partial charge on any atom is 0.308 e. The number of aliphatic carboxylic acids is 1. The van der Waals surface area contributed by atoms with E-state index in [1.54, 1.807) is 13.8 Å². The van der Waals surface area contributed by atoms with Gasteiger partial charge in [-0.2, -0.15) is 0 Å². The van der Waals surface area contributed by atoms with Crippen LogP contribution in [0.25, 0.3) is 0 Å². The van der Waals surface area contributed by atoms with E-state index in [4.69, 9.17) is 16.7 Å². The summed E-state index contributed by atoms with van der Waals surface area (Å²) in [6.07, 6.45) is -0.163. The Hall–Kier alpha value is -0.650. The van der Waals surface area contributed by atoms with E-state index in [9.17, 15) is 9.90 Å². The molecule has 1 aromatic rings. The molecule has 0 radical (unpaired) electrons. The summed E-state index contributed by atoms with van der Waals surface area (Å²) in [5.41, 5.74) is -0.816. The second kappa shape index (κ2) is 3.84. The number of carbonyl (C=O) groups is 1. The van der Waals surface area contributed by atoms with E-state index < -0.39 is 11.6 Å². The van der Waals surface area contributed by atoms with Crippen LogP contribution in [0.3, 0.4) is 0 Å². The zero-order valence-corrected chi connectivity index (χ0v) is 9.32. The quantitative estimate of drug-likeness (QED) is 0.836. The van der Waals surface area contributed by atoms with Crippen LogP contribution in [-0.2, 0) is 16.8 Å². The van der Waals surface area contributed by atoms with E-state index in [-0.39, 0.29) is 10.9 Å². The predicted molar refractivity (Wildman–Crippen MR) is 53.7 cm³/mol. The van der Waals surface area contributed by atoms with Crippen molar-refractivity contribution in [3.63, 3.8) is 0 Å². The molecule has 0 amide bonds. The molecule has 0 unspecified atom stereocenters. The molecule has 0 aliphatic rings. The van der Waals surface area contributed by atoms with E-state index >= 15 is 0 Å². The molecule has 0 bridgehead atoms. The average molecular weight is 236 g/mol. The van der Waals surface area contributed by atoms with Gasteiger partial charge in [0.2, 0.25) is 0 Å². The molecule has 0 aliphatic carbocycles. The summed E-state index contributed by atoms with van der Waals surface area (Å²) in [7, 11) is 0. The number of carboxylic acids is 1. The van der Waals surface area contributed by atoms with Gasteiger partial charge in [0.25, 0.3) is 0 Å². The minimum atomic E-state index is -1.16. The zero-order chi connectivity index (χ0) is 10.9. The highest BCUT2D eigenvalue weighted by atomic mass is 35.5. The normalized spacial score (nSPS) is 11.7. The van der Waals surface area contributed by atoms with Crippen LogP contribution in [0.15, 0.2) is 0 Å². The highest BCUT2D eigenvalue weighted by Gasteiger charge is 2.25. The van der Waals surface area contributed by atoms with E-state index in [0.29, 0.717) is 10.6 Å². The van der Waals surface area contributed by atoms with Crippen LogP contribution in [0, 0.1) is 0 Å². The number of carboxylic acid groups (broad SMARTS) is 1. The molecule has 0 saturated heterocycles. The van der Waals surface area contributed by atoms with E-state index in [1.807, 2.05) is 0 Å². The van der Waals surface area contributed by atoms with E-state index in [1.165, 1.54) is 0 Å². The third-order valence-corrected chi connectivity index (χ3v) is 2.72. The number of hydrogen-bond donors (Lipinski definition) is 2. The Labute approximate surface area is 90.2 Å². The second-order valence-electron chi connectivity index (χ2n) is 3.37. The van der Waals surface area contributed by atoms with E-state index in [2.05, 4.69) is 4.98 Å². The second-order valence-corrected chi connectivity index (χ2v) is 5.03. The summed E-state index contributed by atoms with van der Waals surface area (Å²) in [5.74, 6) is -0.962. The van der Waals surface area contributed by atoms with Crippen molar-refractivity contribution in [3.8, 4) is 0 Å². The lowest BCUT2D eigenvalue weighted by Gasteiger charge is -2.15. The van der Waals surface area contributed by atoms with Gasteiger partial charge in [-0.3, -0.25) is 4.79 Å². The molecule has 0 spiro atoms. The third kappa shape index (κ3) is 2.67. The third-order valence-electron chi connectivity index (χ3n) is 1.56. The summed E-state index contributed by atoms with van der Waals surface area (Å²) in [5, 5.41) is 18.3. The van der Waals surface area contributed by atoms with Gasteiger partial charge in [0.1, 0.15) is 5.60 Å². The van der Waals surface area contributed by atoms with Crippen molar-refractivity contribution in [3.05, 3.63) is 15.0 Å². The van der Waals surface area contributed by atoms with Crippen molar-refractivity contribution >= 4 is 28.9 Å². The molecule has 4 nitrogen and oxygen atoms in total. The first-order valence-corrected chi connectivity index (χ1v) is 5.10. The van der Waals surface area contributed by atoms with Crippen molar-refractivity contribution in [2.24, 2.45) is 0 Å². The molecule has 0 aromatic carbocycles. The minimum absolute atomic E-state index is 0.163. The molecular weight excluding hydrogens is 226 g/mol. The molecule has 1 aromatic heterocycles. The largest absolute Gasteiger partial charge is 0.481 e. The van der Waals surface area contributed by atoms with Gasteiger partial charge in [-0.05, 0) is 13.8 Å². The van der Waals surface area contributed by atoms with Gasteiger partial charge >= 0.3 is 5.97 Å². The maximum atomic E-state index is 10.5. The lowest BCUT2D eigenvalue weighted by molar-refractivity contribution is -0.136. The lowest BCUT2D eigenvalue weighted by atomic mass is 10.0. The first-order valence-electron chi connectivity index (χ1n) is 3.90. The number of rotatable bonds is 3. The standard InChI is InChI=1S/C8H10ClNO3S/c1-8(2,13)6-4(3-5(11)12)14-7(9)10-6/h13H,3H2,1-2H3,(H,11,12). The number of aromatic nitrogens is 1. The molecule has 0 aliphatic heterocycles. The molecule has 1 rings (SSSR count). The first-order chi connectivity index (χ1) is 6.30. The average Bonchev–Trinajstić information content (AvgIpc) is 2.28. The molecule has 0 fully saturated rings. The molecule has 0 saturated carbocycles. The van der Waals surface area contributed by atoms with Crippen molar-refractivity contribution in [2.75, 3.05) is 0 Å². The van der Waals surface area contributed by atoms with Crippen molar-refractivity contribution in [2.45, 2.75) is 25.9 Å². The number of aliphatic hydroxyl groups is 1. The molecule has 78 valence electrons. The summed E-state index contributed by atoms with van der Waals surface area (Å²) in [6, 6.07) is 0. The summed E-state index contributed by atoms with van der Waals surface area (Å²) >= 11 is 6.74. The fourth-order valence-electron chi connectivity index (χ4n) is 1.06. The maximum absolute atomic E-state index is 10.5. The molecule has 0 atom stereocenters. The van der Waals surface area contributed by atoms with E-state index in [0.717, 1.165) is 11.3 Å². The molecule has 2 N–H and O–H groups in total. The smallest absolute Gasteiger partial charge is 0.308 e. The Kier molecular flexibility index (Phi) is 3.14. The van der Waals surface area contributed by atoms with Crippen LogP contribution in [0.1, 0.15) is 24.4 Å². The fourth-order valence-corrected chi connectivity index (χ4v) is 2.35. The molecular formula is C8H10ClNO3S. The van der Waals surface area contributed by atoms with Crippen molar-refractivity contribution in [1.29, 1.82) is 0 Å². The Balaban J connectivity index is 3.09. The van der Waals surface area contributed by atoms with Gasteiger partial charge in [-0.15, -0.1) is 11.3 Å². The number of hydrogen-bond acceptors (Lipinski definition) is 4. The first kappa shape index (κ1) is 11.4. The summed E-state index contributed by atoms with van der Waals surface area (Å²) in [4.78, 5) is 14.9. The minimum Gasteiger partial charge on any atom is -0.481 e. The van der Waals surface area contributed by atoms with Crippen LogP contribution < -0.4 is 0 Å². The Bertz CT molecular complexity index is 356. The highest BCUT2D eigenvalue weighted by Crippen LogP contribution is 2.30. The Morgan fingerprint density at radius 1 is 1.64 bits per heavy atom. The molecule has 14 heavy (non-hydrogen) atoms. The molecule has 1 heterocycles. The topological polar surface area (TPSA) is 70.4 Å². The van der Waals surface area contributed by atoms with Crippen LogP contribution in [-0.4, -0.2) is 21.2 Å². The summed E-state index contributed by atoms with van der Waals surface area (Å²) < 4.78 is 0.248. The predicted octanol–water partition coefficient (Wildman–Crippen LogP) is 1.65. The van der Waals surface area contributed by atoms with Crippen LogP contribution >= 0.6 is 22.9 Å². The van der Waals surface area contributed by atoms with Gasteiger partial charge < -0.3 is 10.2 Å². The number of nitrogens with zero attached hydrogens (tertiary/aromatic N) is 1. The van der Waals surface area contributed by atoms with Crippen LogP contribution in [0.4, 0.5) is 0 Å². The lowest BCUT2D eigenvalue weighted by Crippen LogP contribution is -2.19. The number of halogens is 1. The number of thiazole rings is 1. The monoisotopic (exact) mass is 235 g/mol. The van der Waals surface area contributed by atoms with Gasteiger partial charge in [0, 0.05) is 4.88 Å². The fraction of sp³-hybridized carbons (Fsp3) is 0.500. The highest BCUT2D eigenvalue weighted by molar-refractivity contribution is 7.15. The Morgan fingerprint density at radius 2 is 2.21 bits per heavy atom. The van der Waals surface area contributed by atoms with Gasteiger partial charge in [-0.25, -0.2) is 4.98 Å². The van der Waals surface area contributed by atoms with Gasteiger partial charge in [0.05, 0.1) is 12.1 Å².